The first-order chi connectivity index (χ1) is 26.3. The lowest BCUT2D eigenvalue weighted by Crippen LogP contribution is -2.49. The largest absolute Gasteiger partial charge is 0.459 e. The van der Waals surface area contributed by atoms with Crippen molar-refractivity contribution >= 4 is 23.9 Å². The average Bonchev–Trinajstić information content (AvgIpc) is 3.14. The van der Waals surface area contributed by atoms with Crippen molar-refractivity contribution in [2.45, 2.75) is 125 Å². The third-order valence-electron chi connectivity index (χ3n) is 8.33. The predicted octanol–water partition coefficient (Wildman–Crippen LogP) is 4.14. The van der Waals surface area contributed by atoms with Crippen molar-refractivity contribution in [1.82, 2.24) is 25.1 Å². The summed E-state index contributed by atoms with van der Waals surface area (Å²) in [6.45, 7) is 30.7. The Labute approximate surface area is 343 Å². The van der Waals surface area contributed by atoms with E-state index in [2.05, 4.69) is 40.8 Å². The lowest BCUT2D eigenvalue weighted by Gasteiger charge is -2.34. The lowest BCUT2D eigenvalue weighted by molar-refractivity contribution is -0.162. The lowest BCUT2D eigenvalue weighted by atomic mass is 9.92. The van der Waals surface area contributed by atoms with Crippen molar-refractivity contribution in [3.8, 4) is 0 Å². The minimum Gasteiger partial charge on any atom is -0.459 e. The van der Waals surface area contributed by atoms with Crippen LogP contribution in [0.25, 0.3) is 0 Å². The molecular weight excluding hydrogens is 738 g/mol. The zero-order valence-corrected chi connectivity index (χ0v) is 37.8. The van der Waals surface area contributed by atoms with Gasteiger partial charge in [-0.2, -0.15) is 5.06 Å². The van der Waals surface area contributed by atoms with Crippen LogP contribution < -0.4 is 5.32 Å². The van der Waals surface area contributed by atoms with Crippen LogP contribution in [0.2, 0.25) is 0 Å². The molecule has 1 rings (SSSR count). The van der Waals surface area contributed by atoms with Crippen molar-refractivity contribution in [1.29, 1.82) is 0 Å². The first-order valence-electron chi connectivity index (χ1n) is 20.6. The number of esters is 2. The second-order valence-electron chi connectivity index (χ2n) is 18.6. The topological polar surface area (TPSA) is 158 Å². The zero-order chi connectivity index (χ0) is 43.3. The molecular formula is C41H79N5O11. The van der Waals surface area contributed by atoms with Gasteiger partial charge in [0.15, 0.2) is 0 Å². The van der Waals surface area contributed by atoms with Crippen molar-refractivity contribution in [3.05, 3.63) is 0 Å². The third kappa shape index (κ3) is 28.5. The summed E-state index contributed by atoms with van der Waals surface area (Å²) in [7, 11) is 1.48. The fourth-order valence-electron chi connectivity index (χ4n) is 5.49. The van der Waals surface area contributed by atoms with Crippen LogP contribution >= 0.6 is 0 Å². The molecule has 0 aromatic rings. The molecule has 0 aromatic heterocycles. The highest BCUT2D eigenvalue weighted by Gasteiger charge is 2.33. The van der Waals surface area contributed by atoms with E-state index >= 15 is 0 Å². The Hall–Kier alpha value is -2.60. The summed E-state index contributed by atoms with van der Waals surface area (Å²) in [4.78, 5) is 63.3. The van der Waals surface area contributed by atoms with E-state index in [9.17, 15) is 19.2 Å². The van der Waals surface area contributed by atoms with Gasteiger partial charge in [0.2, 0.25) is 5.91 Å². The summed E-state index contributed by atoms with van der Waals surface area (Å²) in [6.07, 6.45) is 0.867. The van der Waals surface area contributed by atoms with Crippen molar-refractivity contribution in [2.24, 2.45) is 5.41 Å². The molecule has 1 heterocycles. The van der Waals surface area contributed by atoms with Crippen molar-refractivity contribution in [3.63, 3.8) is 0 Å². The van der Waals surface area contributed by atoms with Crippen LogP contribution in [-0.4, -0.2) is 179 Å². The molecule has 1 unspecified atom stereocenters. The van der Waals surface area contributed by atoms with Gasteiger partial charge in [-0.15, -0.1) is 0 Å². The summed E-state index contributed by atoms with van der Waals surface area (Å²) in [5.41, 5.74) is -1.71. The highest BCUT2D eigenvalue weighted by Crippen LogP contribution is 2.20. The van der Waals surface area contributed by atoms with Gasteiger partial charge in [-0.05, 0) is 87.1 Å². The Morgan fingerprint density at radius 2 is 1.12 bits per heavy atom. The number of carbonyl (C=O) groups excluding carboxylic acids is 4. The molecule has 0 saturated carbocycles. The van der Waals surface area contributed by atoms with E-state index < -0.39 is 28.9 Å². The molecule has 1 N–H and O–H groups in total. The molecule has 0 radical (unpaired) electrons. The van der Waals surface area contributed by atoms with Crippen LogP contribution in [0.15, 0.2) is 0 Å². The van der Waals surface area contributed by atoms with Crippen LogP contribution in [0.3, 0.4) is 0 Å². The predicted molar refractivity (Wildman–Crippen MR) is 219 cm³/mol. The van der Waals surface area contributed by atoms with Gasteiger partial charge in [-0.25, -0.2) is 4.79 Å². The normalized spacial score (nSPS) is 16.2. The Kier molecular flexibility index (Phi) is 23.7. The number of ether oxygens (including phenoxy) is 6. The minimum atomic E-state index is -0.691. The third-order valence-corrected chi connectivity index (χ3v) is 8.33. The van der Waals surface area contributed by atoms with E-state index in [4.69, 9.17) is 33.3 Å². The summed E-state index contributed by atoms with van der Waals surface area (Å²) >= 11 is 0. The second-order valence-corrected chi connectivity index (χ2v) is 18.6. The fraction of sp³-hybridized carbons (Fsp3) is 0.902. The van der Waals surface area contributed by atoms with Crippen LogP contribution in [0, 0.1) is 5.41 Å². The summed E-state index contributed by atoms with van der Waals surface area (Å²) in [5.74, 6) is -0.811. The van der Waals surface area contributed by atoms with Gasteiger partial charge >= 0.3 is 18.0 Å². The molecule has 1 aliphatic rings. The standard InChI is InChI=1S/C41H79N5O11/c1-38(2,3)16-18-44-19-20-45(32-35(48)55-39(4,5)6)22-24-46(23-21-44)33(36(49)56-40(7,8)9)14-15-34(47)42-17-25-51-26-27-52-28-29-53-30-31-54-43(13)37(50)57-41(10,11)12/h33H,14-32H2,1-13H3,(H,42,47). The summed E-state index contributed by atoms with van der Waals surface area (Å²) in [5, 5.41) is 3.93. The quantitative estimate of drug-likeness (QED) is 0.0720. The highest BCUT2D eigenvalue weighted by molar-refractivity contribution is 5.79. The number of nitrogens with one attached hydrogen (secondary N) is 1. The SMILES string of the molecule is CN(OCCOCCOCCOCCNC(=O)CCC(C(=O)OC(C)(C)C)N1CCN(CCC(C)(C)C)CCN(CC(=O)OC(C)(C)C)CC1)C(=O)OC(C)(C)C. The maximum atomic E-state index is 13.7. The Morgan fingerprint density at radius 3 is 1.67 bits per heavy atom. The van der Waals surface area contributed by atoms with E-state index in [0.717, 1.165) is 31.1 Å². The molecule has 1 saturated heterocycles. The molecule has 16 heteroatoms. The maximum absolute atomic E-state index is 13.7. The summed E-state index contributed by atoms with van der Waals surface area (Å²) < 4.78 is 33.3. The summed E-state index contributed by atoms with van der Waals surface area (Å²) in [6, 6.07) is -0.635. The van der Waals surface area contributed by atoms with Crippen molar-refractivity contribution < 1.29 is 52.4 Å². The number of hydrogen-bond donors (Lipinski definition) is 1. The Morgan fingerprint density at radius 1 is 0.632 bits per heavy atom. The molecule has 334 valence electrons. The molecule has 1 aliphatic heterocycles. The maximum Gasteiger partial charge on any atom is 0.434 e. The van der Waals surface area contributed by atoms with E-state index in [0.29, 0.717) is 65.8 Å². The number of rotatable bonds is 22. The van der Waals surface area contributed by atoms with Gasteiger partial charge in [0.05, 0.1) is 52.8 Å². The van der Waals surface area contributed by atoms with E-state index in [-0.39, 0.29) is 55.9 Å². The van der Waals surface area contributed by atoms with Gasteiger partial charge in [-0.1, -0.05) is 20.8 Å². The van der Waals surface area contributed by atoms with Gasteiger partial charge in [0.1, 0.15) is 22.8 Å². The highest BCUT2D eigenvalue weighted by atomic mass is 16.7. The van der Waals surface area contributed by atoms with E-state index in [1.165, 1.54) is 7.05 Å². The molecule has 0 spiro atoms. The van der Waals surface area contributed by atoms with Crippen LogP contribution in [0.4, 0.5) is 4.79 Å². The molecule has 57 heavy (non-hydrogen) atoms. The monoisotopic (exact) mass is 818 g/mol. The van der Waals surface area contributed by atoms with Crippen LogP contribution in [-0.2, 0) is 47.6 Å². The Bertz CT molecular complexity index is 1180. The van der Waals surface area contributed by atoms with Crippen LogP contribution in [0.5, 0.6) is 0 Å². The van der Waals surface area contributed by atoms with Crippen LogP contribution in [0.1, 0.15) is 102 Å². The van der Waals surface area contributed by atoms with E-state index in [1.54, 1.807) is 20.8 Å². The minimum absolute atomic E-state index is 0.140. The zero-order valence-electron chi connectivity index (χ0n) is 37.8. The molecule has 0 aromatic carbocycles. The molecule has 0 aliphatic carbocycles. The molecule has 0 bridgehead atoms. The smallest absolute Gasteiger partial charge is 0.434 e. The number of amides is 2. The fourth-order valence-corrected chi connectivity index (χ4v) is 5.49. The number of hydrogen-bond acceptors (Lipinski definition) is 14. The van der Waals surface area contributed by atoms with Gasteiger partial charge < -0.3 is 38.6 Å². The molecule has 16 nitrogen and oxygen atoms in total. The van der Waals surface area contributed by atoms with Gasteiger partial charge in [-0.3, -0.25) is 29.0 Å². The number of carbonyl (C=O) groups is 4. The first-order valence-corrected chi connectivity index (χ1v) is 20.6. The molecule has 2 amide bonds. The molecule has 1 atom stereocenters. The first kappa shape index (κ1) is 52.4. The van der Waals surface area contributed by atoms with Crippen molar-refractivity contribution in [2.75, 3.05) is 112 Å². The number of nitrogens with zero attached hydrogens (tertiary/aromatic N) is 4. The van der Waals surface area contributed by atoms with Gasteiger partial charge in [0.25, 0.3) is 0 Å². The Balaban J connectivity index is 2.61. The van der Waals surface area contributed by atoms with E-state index in [1.807, 2.05) is 41.5 Å². The van der Waals surface area contributed by atoms with Gasteiger partial charge in [0, 0.05) is 59.3 Å². The average molecular weight is 818 g/mol. The number of hydroxylamine groups is 2. The second kappa shape index (κ2) is 25.8. The molecule has 1 fully saturated rings.